The molecule has 27 heavy (non-hydrogen) atoms. The third-order valence-electron chi connectivity index (χ3n) is 3.88. The molecule has 1 unspecified atom stereocenters. The number of sulfonamides is 1. The smallest absolute Gasteiger partial charge is 0.338 e. The van der Waals surface area contributed by atoms with Crippen molar-refractivity contribution in [3.8, 4) is 0 Å². The van der Waals surface area contributed by atoms with Crippen molar-refractivity contribution in [2.24, 2.45) is 0 Å². The number of aryl methyl sites for hydroxylation is 1. The molecule has 3 rings (SSSR count). The fourth-order valence-electron chi connectivity index (χ4n) is 2.53. The number of aromatic nitrogens is 2. The Morgan fingerprint density at radius 1 is 1.44 bits per heavy atom. The van der Waals surface area contributed by atoms with Crippen molar-refractivity contribution in [1.82, 2.24) is 14.9 Å². The summed E-state index contributed by atoms with van der Waals surface area (Å²) in [5, 5.41) is 3.58. The van der Waals surface area contributed by atoms with E-state index in [1.54, 1.807) is 6.92 Å². The molecule has 0 amide bonds. The van der Waals surface area contributed by atoms with Crippen LogP contribution in [0, 0.1) is 6.92 Å². The lowest BCUT2D eigenvalue weighted by molar-refractivity contribution is 0.0429. The molecule has 1 aliphatic rings. The van der Waals surface area contributed by atoms with Gasteiger partial charge >= 0.3 is 5.97 Å². The minimum atomic E-state index is -3.91. The maximum atomic E-state index is 12.5. The van der Waals surface area contributed by atoms with Crippen LogP contribution in [-0.2, 0) is 26.1 Å². The van der Waals surface area contributed by atoms with E-state index in [-0.39, 0.29) is 40.6 Å². The number of hydrogen-bond acceptors (Lipinski definition) is 8. The number of halogens is 1. The van der Waals surface area contributed by atoms with Crippen LogP contribution in [0.4, 0.5) is 0 Å². The van der Waals surface area contributed by atoms with Gasteiger partial charge in [-0.15, -0.1) is 0 Å². The average molecular weight is 416 g/mol. The van der Waals surface area contributed by atoms with Gasteiger partial charge in [-0.1, -0.05) is 16.8 Å². The van der Waals surface area contributed by atoms with Crippen LogP contribution in [-0.4, -0.2) is 43.8 Å². The summed E-state index contributed by atoms with van der Waals surface area (Å²) < 4.78 is 42.8. The monoisotopic (exact) mass is 415 g/mol. The Morgan fingerprint density at radius 2 is 2.26 bits per heavy atom. The van der Waals surface area contributed by atoms with Crippen LogP contribution < -0.4 is 4.72 Å². The van der Waals surface area contributed by atoms with E-state index in [1.165, 1.54) is 18.2 Å². The van der Waals surface area contributed by atoms with Crippen LogP contribution in [0.25, 0.3) is 0 Å². The number of benzene rings is 1. The van der Waals surface area contributed by atoms with Gasteiger partial charge in [-0.3, -0.25) is 0 Å². The van der Waals surface area contributed by atoms with Gasteiger partial charge in [0.25, 0.3) is 5.89 Å². The molecule has 0 aliphatic carbocycles. The molecule has 9 nitrogen and oxygen atoms in total. The molecule has 1 aromatic carbocycles. The quantitative estimate of drug-likeness (QED) is 0.680. The molecule has 0 saturated carbocycles. The lowest BCUT2D eigenvalue weighted by Gasteiger charge is -2.13. The van der Waals surface area contributed by atoms with Gasteiger partial charge < -0.3 is 14.0 Å². The molecule has 11 heteroatoms. The van der Waals surface area contributed by atoms with E-state index < -0.39 is 16.0 Å². The molecule has 2 aromatic rings. The topological polar surface area (TPSA) is 121 Å². The molecule has 146 valence electrons. The second-order valence-corrected chi connectivity index (χ2v) is 8.09. The van der Waals surface area contributed by atoms with Gasteiger partial charge in [0.1, 0.15) is 4.90 Å². The zero-order chi connectivity index (χ0) is 19.4. The molecule has 0 bridgehead atoms. The maximum Gasteiger partial charge on any atom is 0.338 e. The summed E-state index contributed by atoms with van der Waals surface area (Å²) in [5.41, 5.74) is 0.0353. The van der Waals surface area contributed by atoms with Crippen LogP contribution in [0.1, 0.15) is 34.9 Å². The lowest BCUT2D eigenvalue weighted by Crippen LogP contribution is -2.32. The standard InChI is InChI=1S/C16H18ClN3O6S/c1-10-19-15(26-20-10)9-25-16(21)11-4-5-13(17)14(7-11)27(22,23)18-8-12-3-2-6-24-12/h4-5,7,12,18H,2-3,6,8-9H2,1H3. The van der Waals surface area contributed by atoms with Crippen molar-refractivity contribution in [2.75, 3.05) is 13.2 Å². The number of esters is 1. The number of ether oxygens (including phenoxy) is 2. The lowest BCUT2D eigenvalue weighted by atomic mass is 10.2. The van der Waals surface area contributed by atoms with E-state index in [9.17, 15) is 13.2 Å². The van der Waals surface area contributed by atoms with Crippen LogP contribution in [0.5, 0.6) is 0 Å². The first kappa shape index (κ1) is 19.7. The van der Waals surface area contributed by atoms with E-state index in [1.807, 2.05) is 0 Å². The van der Waals surface area contributed by atoms with Gasteiger partial charge in [0.05, 0.1) is 16.7 Å². The van der Waals surface area contributed by atoms with Crippen molar-refractivity contribution in [3.63, 3.8) is 0 Å². The average Bonchev–Trinajstić information content (AvgIpc) is 3.30. The Labute approximate surface area is 161 Å². The van der Waals surface area contributed by atoms with Crippen LogP contribution in [0.2, 0.25) is 5.02 Å². The summed E-state index contributed by atoms with van der Waals surface area (Å²) in [6.45, 7) is 2.17. The van der Waals surface area contributed by atoms with Crippen molar-refractivity contribution >= 4 is 27.6 Å². The second-order valence-electron chi connectivity index (χ2n) is 5.94. The number of nitrogens with one attached hydrogen (secondary N) is 1. The largest absolute Gasteiger partial charge is 0.452 e. The van der Waals surface area contributed by atoms with Crippen LogP contribution >= 0.6 is 11.6 Å². The molecule has 2 heterocycles. The maximum absolute atomic E-state index is 12.5. The fourth-order valence-corrected chi connectivity index (χ4v) is 4.12. The van der Waals surface area contributed by atoms with Crippen molar-refractivity contribution < 1.29 is 27.2 Å². The third kappa shape index (κ3) is 5.04. The van der Waals surface area contributed by atoms with Crippen molar-refractivity contribution in [3.05, 3.63) is 40.5 Å². The molecule has 1 atom stereocenters. The Kier molecular flexibility index (Phi) is 6.10. The van der Waals surface area contributed by atoms with Gasteiger partial charge in [-0.25, -0.2) is 17.9 Å². The molecular formula is C16H18ClN3O6S. The summed E-state index contributed by atoms with van der Waals surface area (Å²) >= 11 is 6.02. The highest BCUT2D eigenvalue weighted by Crippen LogP contribution is 2.23. The summed E-state index contributed by atoms with van der Waals surface area (Å²) in [6, 6.07) is 3.88. The highest BCUT2D eigenvalue weighted by Gasteiger charge is 2.24. The second kappa shape index (κ2) is 8.34. The van der Waals surface area contributed by atoms with E-state index in [4.69, 9.17) is 25.6 Å². The molecule has 1 fully saturated rings. The van der Waals surface area contributed by atoms with Crippen LogP contribution in [0.15, 0.2) is 27.6 Å². The number of carbonyl (C=O) groups is 1. The normalized spacial score (nSPS) is 17.2. The van der Waals surface area contributed by atoms with Gasteiger partial charge in [0.15, 0.2) is 12.4 Å². The predicted molar refractivity (Wildman–Crippen MR) is 93.8 cm³/mol. The number of rotatable bonds is 7. The first-order chi connectivity index (χ1) is 12.8. The number of carbonyl (C=O) groups excluding carboxylic acids is 1. The summed E-state index contributed by atoms with van der Waals surface area (Å²) in [4.78, 5) is 15.9. The summed E-state index contributed by atoms with van der Waals surface area (Å²) in [5.74, 6) is -0.183. The third-order valence-corrected chi connectivity index (χ3v) is 5.78. The first-order valence-electron chi connectivity index (χ1n) is 8.22. The first-order valence-corrected chi connectivity index (χ1v) is 10.1. The van der Waals surface area contributed by atoms with E-state index in [0.29, 0.717) is 12.4 Å². The molecular weight excluding hydrogens is 398 g/mol. The molecule has 1 N–H and O–H groups in total. The van der Waals surface area contributed by atoms with E-state index >= 15 is 0 Å². The molecule has 1 aliphatic heterocycles. The molecule has 0 radical (unpaired) electrons. The summed E-state index contributed by atoms with van der Waals surface area (Å²) in [6.07, 6.45) is 1.52. The van der Waals surface area contributed by atoms with Crippen molar-refractivity contribution in [2.45, 2.75) is 37.4 Å². The number of nitrogens with zero attached hydrogens (tertiary/aromatic N) is 2. The Bertz CT molecular complexity index is 924. The predicted octanol–water partition coefficient (Wildman–Crippen LogP) is 1.85. The minimum absolute atomic E-state index is 0.00100. The summed E-state index contributed by atoms with van der Waals surface area (Å²) in [7, 11) is -3.91. The molecule has 1 aromatic heterocycles. The Hall–Kier alpha value is -2.01. The number of hydrogen-bond donors (Lipinski definition) is 1. The van der Waals surface area contributed by atoms with Gasteiger partial charge in [-0.2, -0.15) is 4.98 Å². The highest BCUT2D eigenvalue weighted by atomic mass is 35.5. The van der Waals surface area contributed by atoms with E-state index in [0.717, 1.165) is 12.8 Å². The molecule has 0 spiro atoms. The Balaban J connectivity index is 1.69. The molecule has 1 saturated heterocycles. The zero-order valence-corrected chi connectivity index (χ0v) is 16.0. The van der Waals surface area contributed by atoms with Crippen LogP contribution in [0.3, 0.4) is 0 Å². The van der Waals surface area contributed by atoms with Crippen molar-refractivity contribution in [1.29, 1.82) is 0 Å². The highest BCUT2D eigenvalue weighted by molar-refractivity contribution is 7.89. The Morgan fingerprint density at radius 3 is 2.93 bits per heavy atom. The minimum Gasteiger partial charge on any atom is -0.452 e. The van der Waals surface area contributed by atoms with Gasteiger partial charge in [0.2, 0.25) is 10.0 Å². The van der Waals surface area contributed by atoms with Gasteiger partial charge in [0, 0.05) is 13.2 Å². The van der Waals surface area contributed by atoms with E-state index in [2.05, 4.69) is 14.9 Å². The zero-order valence-electron chi connectivity index (χ0n) is 14.5. The van der Waals surface area contributed by atoms with Gasteiger partial charge in [-0.05, 0) is 38.0 Å². The SMILES string of the molecule is Cc1noc(COC(=O)c2ccc(Cl)c(S(=O)(=O)NCC3CCCO3)c2)n1. The fraction of sp³-hybridized carbons (Fsp3) is 0.438.